The number of nitrogens with two attached hydrogens (primary N) is 1. The number of carbonyl (C=O) groups is 2. The molecule has 0 radical (unpaired) electrons. The molecule has 0 aliphatic carbocycles. The molecule has 2 heterocycles. The summed E-state index contributed by atoms with van der Waals surface area (Å²) in [6.07, 6.45) is 2.28. The summed E-state index contributed by atoms with van der Waals surface area (Å²) in [4.78, 5) is 28.5. The van der Waals surface area contributed by atoms with Crippen molar-refractivity contribution in [2.75, 3.05) is 24.5 Å². The second-order valence-corrected chi connectivity index (χ2v) is 6.51. The summed E-state index contributed by atoms with van der Waals surface area (Å²) in [5, 5.41) is 0. The summed E-state index contributed by atoms with van der Waals surface area (Å²) in [7, 11) is 0. The number of anilines is 1. The summed E-state index contributed by atoms with van der Waals surface area (Å²) in [5.41, 5.74) is 7.71. The fourth-order valence-electron chi connectivity index (χ4n) is 3.26. The minimum absolute atomic E-state index is 0.00825. The van der Waals surface area contributed by atoms with Crippen LogP contribution in [0.2, 0.25) is 0 Å². The number of nitrogens with zero attached hydrogens (tertiary/aromatic N) is 2. The van der Waals surface area contributed by atoms with E-state index in [4.69, 9.17) is 10.5 Å². The van der Waals surface area contributed by atoms with Gasteiger partial charge in [0.2, 0.25) is 5.91 Å². The summed E-state index contributed by atoms with van der Waals surface area (Å²) in [6, 6.07) is 5.55. The van der Waals surface area contributed by atoms with Crippen molar-refractivity contribution < 1.29 is 14.3 Å². The van der Waals surface area contributed by atoms with Gasteiger partial charge in [-0.15, -0.1) is 0 Å². The first kappa shape index (κ1) is 16.8. The molecule has 2 unspecified atom stereocenters. The molecule has 1 aromatic carbocycles. The van der Waals surface area contributed by atoms with Gasteiger partial charge >= 0.3 is 0 Å². The average molecular weight is 331 g/mol. The number of benzene rings is 1. The molecule has 6 heteroatoms. The molecule has 130 valence electrons. The number of likely N-dealkylation sites (tertiary alicyclic amines) is 1. The van der Waals surface area contributed by atoms with Gasteiger partial charge in [-0.1, -0.05) is 13.0 Å². The lowest BCUT2D eigenvalue weighted by Gasteiger charge is -2.34. The lowest BCUT2D eigenvalue weighted by molar-refractivity contribution is -0.132. The Hall–Kier alpha value is -2.08. The molecule has 1 aromatic rings. The van der Waals surface area contributed by atoms with Crippen LogP contribution in [0.5, 0.6) is 5.75 Å². The molecule has 0 saturated carbocycles. The van der Waals surface area contributed by atoms with Gasteiger partial charge in [-0.05, 0) is 43.9 Å². The molecule has 1 fully saturated rings. The Bertz CT molecular complexity index is 640. The molecule has 3 rings (SSSR count). The van der Waals surface area contributed by atoms with E-state index in [0.29, 0.717) is 11.4 Å². The van der Waals surface area contributed by atoms with Crippen LogP contribution in [0.1, 0.15) is 44.7 Å². The number of amides is 2. The van der Waals surface area contributed by atoms with Gasteiger partial charge in [0, 0.05) is 19.1 Å². The molecule has 0 bridgehead atoms. The van der Waals surface area contributed by atoms with Gasteiger partial charge in [-0.25, -0.2) is 0 Å². The third-order valence-electron chi connectivity index (χ3n) is 4.81. The van der Waals surface area contributed by atoms with E-state index in [1.54, 1.807) is 11.8 Å². The van der Waals surface area contributed by atoms with Crippen LogP contribution >= 0.6 is 0 Å². The summed E-state index contributed by atoms with van der Waals surface area (Å²) in [6.45, 7) is 5.35. The Morgan fingerprint density at radius 1 is 1.38 bits per heavy atom. The predicted molar refractivity (Wildman–Crippen MR) is 91.9 cm³/mol. The topological polar surface area (TPSA) is 75.9 Å². The lowest BCUT2D eigenvalue weighted by Crippen LogP contribution is -2.49. The van der Waals surface area contributed by atoms with Crippen LogP contribution in [0.4, 0.5) is 5.69 Å². The van der Waals surface area contributed by atoms with E-state index in [1.165, 1.54) is 0 Å². The Morgan fingerprint density at radius 2 is 2.08 bits per heavy atom. The normalized spacial score (nSPS) is 21.5. The summed E-state index contributed by atoms with van der Waals surface area (Å²) in [5.74, 6) is 0.437. The van der Waals surface area contributed by atoms with E-state index in [0.717, 1.165) is 37.9 Å². The molecule has 2 aliphatic rings. The third kappa shape index (κ3) is 3.11. The zero-order valence-corrected chi connectivity index (χ0v) is 14.3. The van der Waals surface area contributed by atoms with Gasteiger partial charge in [0.05, 0.1) is 5.69 Å². The third-order valence-corrected chi connectivity index (χ3v) is 4.81. The van der Waals surface area contributed by atoms with Crippen LogP contribution in [-0.4, -0.2) is 42.5 Å². The number of ether oxygens (including phenoxy) is 1. The second kappa shape index (κ2) is 6.81. The average Bonchev–Trinajstić information content (AvgIpc) is 3.12. The van der Waals surface area contributed by atoms with Crippen LogP contribution in [0, 0.1) is 0 Å². The minimum Gasteiger partial charge on any atom is -0.479 e. The van der Waals surface area contributed by atoms with Gasteiger partial charge in [0.1, 0.15) is 12.3 Å². The van der Waals surface area contributed by atoms with E-state index >= 15 is 0 Å². The van der Waals surface area contributed by atoms with E-state index in [2.05, 4.69) is 0 Å². The monoisotopic (exact) mass is 331 g/mol. The van der Waals surface area contributed by atoms with Crippen molar-refractivity contribution in [3.05, 3.63) is 23.8 Å². The molecule has 2 amide bonds. The van der Waals surface area contributed by atoms with Crippen LogP contribution < -0.4 is 15.4 Å². The van der Waals surface area contributed by atoms with Gasteiger partial charge in [-0.2, -0.15) is 0 Å². The molecule has 2 aliphatic heterocycles. The number of hydrogen-bond donors (Lipinski definition) is 1. The van der Waals surface area contributed by atoms with Gasteiger partial charge in [0.15, 0.2) is 6.10 Å². The molecule has 6 nitrogen and oxygen atoms in total. The quantitative estimate of drug-likeness (QED) is 0.913. The summed E-state index contributed by atoms with van der Waals surface area (Å²) < 4.78 is 5.69. The van der Waals surface area contributed by atoms with E-state index in [1.807, 2.05) is 30.0 Å². The molecule has 24 heavy (non-hydrogen) atoms. The van der Waals surface area contributed by atoms with Crippen molar-refractivity contribution >= 4 is 17.5 Å². The van der Waals surface area contributed by atoms with Crippen molar-refractivity contribution in [2.24, 2.45) is 5.73 Å². The molecular weight excluding hydrogens is 306 g/mol. The lowest BCUT2D eigenvalue weighted by atomic mass is 10.0. The van der Waals surface area contributed by atoms with Crippen molar-refractivity contribution in [1.82, 2.24) is 4.90 Å². The van der Waals surface area contributed by atoms with Crippen molar-refractivity contribution in [3.63, 3.8) is 0 Å². The van der Waals surface area contributed by atoms with Crippen molar-refractivity contribution in [2.45, 2.75) is 45.3 Å². The molecule has 1 saturated heterocycles. The molecule has 0 spiro atoms. The van der Waals surface area contributed by atoms with E-state index in [-0.39, 0.29) is 24.4 Å². The van der Waals surface area contributed by atoms with Crippen LogP contribution in [0.3, 0.4) is 0 Å². The molecule has 0 aromatic heterocycles. The number of carbonyl (C=O) groups excluding carboxylic acids is 2. The SMILES string of the molecule is CCC(N)c1ccc2c(c1)N(CC(=O)N1CCCC1)C(=O)C(C)O2. The number of hydrogen-bond acceptors (Lipinski definition) is 4. The van der Waals surface area contributed by atoms with Crippen LogP contribution in [-0.2, 0) is 9.59 Å². The minimum atomic E-state index is -0.588. The van der Waals surface area contributed by atoms with Gasteiger partial charge in [-0.3, -0.25) is 14.5 Å². The fourth-order valence-corrected chi connectivity index (χ4v) is 3.26. The number of fused-ring (bicyclic) bond motifs is 1. The highest BCUT2D eigenvalue weighted by Crippen LogP contribution is 2.36. The fraction of sp³-hybridized carbons (Fsp3) is 0.556. The summed E-state index contributed by atoms with van der Waals surface area (Å²) >= 11 is 0. The highest BCUT2D eigenvalue weighted by Gasteiger charge is 2.34. The Labute approximate surface area is 142 Å². The molecule has 2 N–H and O–H groups in total. The highest BCUT2D eigenvalue weighted by atomic mass is 16.5. The Kier molecular flexibility index (Phi) is 4.76. The largest absolute Gasteiger partial charge is 0.479 e. The van der Waals surface area contributed by atoms with Crippen molar-refractivity contribution in [3.8, 4) is 5.75 Å². The van der Waals surface area contributed by atoms with Gasteiger partial charge in [0.25, 0.3) is 5.91 Å². The maximum atomic E-state index is 12.6. The van der Waals surface area contributed by atoms with Gasteiger partial charge < -0.3 is 15.4 Å². The first-order valence-corrected chi connectivity index (χ1v) is 8.66. The Balaban J connectivity index is 1.90. The standard InChI is InChI=1S/C18H25N3O3/c1-3-14(19)13-6-7-16-15(10-13)21(18(23)12(2)24-16)11-17(22)20-8-4-5-9-20/h6-7,10,12,14H,3-5,8-9,11,19H2,1-2H3. The maximum absolute atomic E-state index is 12.6. The van der Waals surface area contributed by atoms with Crippen LogP contribution in [0.25, 0.3) is 0 Å². The predicted octanol–water partition coefficient (Wildman–Crippen LogP) is 1.83. The van der Waals surface area contributed by atoms with Crippen molar-refractivity contribution in [1.29, 1.82) is 0 Å². The smallest absolute Gasteiger partial charge is 0.268 e. The second-order valence-electron chi connectivity index (χ2n) is 6.51. The zero-order chi connectivity index (χ0) is 17.3. The molecule has 2 atom stereocenters. The number of rotatable bonds is 4. The first-order valence-electron chi connectivity index (χ1n) is 8.66. The van der Waals surface area contributed by atoms with E-state index in [9.17, 15) is 9.59 Å². The Morgan fingerprint density at radius 3 is 2.75 bits per heavy atom. The highest BCUT2D eigenvalue weighted by molar-refractivity contribution is 6.03. The maximum Gasteiger partial charge on any atom is 0.268 e. The zero-order valence-electron chi connectivity index (χ0n) is 14.3. The molecular formula is C18H25N3O3. The van der Waals surface area contributed by atoms with Crippen LogP contribution in [0.15, 0.2) is 18.2 Å². The first-order chi connectivity index (χ1) is 11.5. The van der Waals surface area contributed by atoms with E-state index < -0.39 is 6.10 Å².